The number of hydrogen-bond donors (Lipinski definition) is 0. The van der Waals surface area contributed by atoms with Crippen molar-refractivity contribution in [2.24, 2.45) is 0 Å². The van der Waals surface area contributed by atoms with Gasteiger partial charge in [-0.05, 0) is 5.56 Å². The van der Waals surface area contributed by atoms with Crippen LogP contribution in [0.3, 0.4) is 0 Å². The molecule has 0 radical (unpaired) electrons. The van der Waals surface area contributed by atoms with Crippen LogP contribution in [0.25, 0.3) is 0 Å². The fraction of sp³-hybridized carbons (Fsp3) is 0.250. The van der Waals surface area contributed by atoms with Gasteiger partial charge in [0.25, 0.3) is 0 Å². The molecule has 1 saturated heterocycles. The van der Waals surface area contributed by atoms with Gasteiger partial charge in [0.05, 0.1) is 5.73 Å². The zero-order chi connectivity index (χ0) is 12.6. The third-order valence-corrected chi connectivity index (χ3v) is 7.53. The van der Waals surface area contributed by atoms with Crippen molar-refractivity contribution in [1.29, 1.82) is 0 Å². The first-order valence-electron chi connectivity index (χ1n) is 6.45. The van der Waals surface area contributed by atoms with E-state index in [0.29, 0.717) is 11.8 Å². The summed E-state index contributed by atoms with van der Waals surface area (Å²) in [6.45, 7) is 4.80. The maximum Gasteiger partial charge on any atom is 0.117 e. The van der Waals surface area contributed by atoms with E-state index in [2.05, 4.69) is 73.8 Å². The quantitative estimate of drug-likeness (QED) is 0.605. The third kappa shape index (κ3) is 2.02. The molecule has 2 atom stereocenters. The van der Waals surface area contributed by atoms with Gasteiger partial charge in [0.1, 0.15) is 14.2 Å². The topological polar surface area (TPSA) is 12.5 Å². The summed E-state index contributed by atoms with van der Waals surface area (Å²) < 4.78 is 5.98. The van der Waals surface area contributed by atoms with Crippen molar-refractivity contribution in [3.05, 3.63) is 66.2 Å². The van der Waals surface area contributed by atoms with Gasteiger partial charge in [0.2, 0.25) is 0 Å². The molecular formula is C16H18OSi. The summed E-state index contributed by atoms with van der Waals surface area (Å²) in [5, 5.41) is 1.48. The van der Waals surface area contributed by atoms with Crippen LogP contribution in [0.5, 0.6) is 0 Å². The van der Waals surface area contributed by atoms with Gasteiger partial charge in [-0.25, -0.2) is 0 Å². The van der Waals surface area contributed by atoms with E-state index in [4.69, 9.17) is 4.74 Å². The zero-order valence-corrected chi connectivity index (χ0v) is 11.8. The standard InChI is InChI=1S/C16H18OSi/c1-18(2,14-11-7-4-8-12-14)16-15(17-16)13-9-5-3-6-10-13/h3-12,15-16H,1-2H3/t15-,16+/m0/s1. The fourth-order valence-electron chi connectivity index (χ4n) is 2.59. The number of epoxide rings is 1. The lowest BCUT2D eigenvalue weighted by Crippen LogP contribution is -2.47. The third-order valence-electron chi connectivity index (χ3n) is 3.85. The lowest BCUT2D eigenvalue weighted by molar-refractivity contribution is 0.401. The van der Waals surface area contributed by atoms with Gasteiger partial charge in [-0.2, -0.15) is 0 Å². The van der Waals surface area contributed by atoms with Gasteiger partial charge in [0, 0.05) is 0 Å². The molecule has 1 nitrogen and oxygen atoms in total. The summed E-state index contributed by atoms with van der Waals surface area (Å²) in [6, 6.07) is 21.4. The van der Waals surface area contributed by atoms with Crippen LogP contribution in [0.2, 0.25) is 13.1 Å². The van der Waals surface area contributed by atoms with Gasteiger partial charge < -0.3 is 4.74 Å². The Bertz CT molecular complexity index is 521. The molecule has 1 aliphatic heterocycles. The summed E-state index contributed by atoms with van der Waals surface area (Å²) in [5.41, 5.74) is 1.74. The predicted molar refractivity (Wildman–Crippen MR) is 77.6 cm³/mol. The number of benzene rings is 2. The largest absolute Gasteiger partial charge is 0.368 e. The highest BCUT2D eigenvalue weighted by Crippen LogP contribution is 2.43. The lowest BCUT2D eigenvalue weighted by atomic mass is 10.2. The Morgan fingerprint density at radius 3 is 2.00 bits per heavy atom. The molecular weight excluding hydrogens is 236 g/mol. The van der Waals surface area contributed by atoms with Crippen LogP contribution in [-0.2, 0) is 4.74 Å². The fourth-order valence-corrected chi connectivity index (χ4v) is 5.41. The Balaban J connectivity index is 1.82. The summed E-state index contributed by atoms with van der Waals surface area (Å²) in [5.74, 6) is 0. The Hall–Kier alpha value is -1.38. The van der Waals surface area contributed by atoms with Crippen molar-refractivity contribution in [3.8, 4) is 0 Å². The summed E-state index contributed by atoms with van der Waals surface area (Å²) in [4.78, 5) is 0. The molecule has 2 aromatic carbocycles. The van der Waals surface area contributed by atoms with Gasteiger partial charge in [0.15, 0.2) is 0 Å². The van der Waals surface area contributed by atoms with Gasteiger partial charge in [-0.15, -0.1) is 0 Å². The van der Waals surface area contributed by atoms with Crippen LogP contribution in [-0.4, -0.2) is 13.8 Å². The van der Waals surface area contributed by atoms with Crippen molar-refractivity contribution in [2.45, 2.75) is 24.9 Å². The molecule has 0 bridgehead atoms. The summed E-state index contributed by atoms with van der Waals surface area (Å²) in [6.07, 6.45) is 0.313. The molecule has 0 aliphatic carbocycles. The minimum Gasteiger partial charge on any atom is -0.368 e. The van der Waals surface area contributed by atoms with E-state index in [-0.39, 0.29) is 0 Å². The van der Waals surface area contributed by atoms with E-state index in [9.17, 15) is 0 Å². The van der Waals surface area contributed by atoms with Crippen LogP contribution in [0.1, 0.15) is 11.7 Å². The van der Waals surface area contributed by atoms with Gasteiger partial charge in [-0.3, -0.25) is 0 Å². The number of ether oxygens (including phenoxy) is 1. The van der Waals surface area contributed by atoms with E-state index in [1.807, 2.05) is 0 Å². The van der Waals surface area contributed by atoms with Crippen LogP contribution in [0.15, 0.2) is 60.7 Å². The SMILES string of the molecule is C[Si](C)(c1ccccc1)[C@H]1O[C@H]1c1ccccc1. The first-order chi connectivity index (χ1) is 8.69. The summed E-state index contributed by atoms with van der Waals surface area (Å²) in [7, 11) is -1.51. The zero-order valence-electron chi connectivity index (χ0n) is 10.8. The molecule has 2 heteroatoms. The van der Waals surface area contributed by atoms with Crippen molar-refractivity contribution in [3.63, 3.8) is 0 Å². The first-order valence-corrected chi connectivity index (χ1v) is 9.53. The molecule has 1 aliphatic rings. The number of hydrogen-bond acceptors (Lipinski definition) is 1. The molecule has 2 aromatic rings. The molecule has 0 aromatic heterocycles. The smallest absolute Gasteiger partial charge is 0.117 e. The van der Waals surface area contributed by atoms with E-state index >= 15 is 0 Å². The molecule has 18 heavy (non-hydrogen) atoms. The van der Waals surface area contributed by atoms with Gasteiger partial charge in [-0.1, -0.05) is 78.9 Å². The van der Waals surface area contributed by atoms with E-state index in [0.717, 1.165) is 0 Å². The average Bonchev–Trinajstić information content (AvgIpc) is 3.22. The maximum atomic E-state index is 5.98. The molecule has 0 spiro atoms. The highest BCUT2D eigenvalue weighted by Gasteiger charge is 2.52. The Morgan fingerprint density at radius 2 is 1.39 bits per heavy atom. The van der Waals surface area contributed by atoms with Crippen molar-refractivity contribution in [1.82, 2.24) is 0 Å². The molecule has 1 heterocycles. The molecule has 92 valence electrons. The Morgan fingerprint density at radius 1 is 0.833 bits per heavy atom. The van der Waals surface area contributed by atoms with Crippen molar-refractivity contribution < 1.29 is 4.74 Å². The van der Waals surface area contributed by atoms with Crippen LogP contribution >= 0.6 is 0 Å². The number of rotatable bonds is 3. The molecule has 0 unspecified atom stereocenters. The predicted octanol–water partition coefficient (Wildman–Crippen LogP) is 3.28. The molecule has 0 amide bonds. The first kappa shape index (κ1) is 11.7. The molecule has 1 fully saturated rings. The van der Waals surface area contributed by atoms with E-state index < -0.39 is 8.07 Å². The minimum atomic E-state index is -1.51. The second-order valence-corrected chi connectivity index (χ2v) is 10.1. The highest BCUT2D eigenvalue weighted by atomic mass is 28.3. The second kappa shape index (κ2) is 4.37. The van der Waals surface area contributed by atoms with E-state index in [1.165, 1.54) is 10.8 Å². The normalized spacial score (nSPS) is 22.8. The van der Waals surface area contributed by atoms with Crippen LogP contribution in [0.4, 0.5) is 0 Å². The molecule has 3 rings (SSSR count). The monoisotopic (exact) mass is 254 g/mol. The average molecular weight is 254 g/mol. The van der Waals surface area contributed by atoms with Gasteiger partial charge >= 0.3 is 0 Å². The minimum absolute atomic E-state index is 0.313. The molecule has 0 N–H and O–H groups in total. The Kier molecular flexibility index (Phi) is 2.84. The highest BCUT2D eigenvalue weighted by molar-refractivity contribution is 6.91. The lowest BCUT2D eigenvalue weighted by Gasteiger charge is -2.20. The van der Waals surface area contributed by atoms with Crippen molar-refractivity contribution >= 4 is 13.3 Å². The maximum absolute atomic E-state index is 5.98. The molecule has 0 saturated carbocycles. The summed E-state index contributed by atoms with van der Waals surface area (Å²) >= 11 is 0. The second-order valence-electron chi connectivity index (χ2n) is 5.48. The Labute approximate surface area is 109 Å². The van der Waals surface area contributed by atoms with Crippen molar-refractivity contribution in [2.75, 3.05) is 0 Å². The van der Waals surface area contributed by atoms with Crippen LogP contribution in [0, 0.1) is 0 Å². The van der Waals surface area contributed by atoms with E-state index in [1.54, 1.807) is 0 Å². The van der Waals surface area contributed by atoms with Crippen LogP contribution < -0.4 is 5.19 Å².